The Labute approximate surface area is 227 Å². The number of amides is 1. The zero-order valence-corrected chi connectivity index (χ0v) is 22.7. The SMILES string of the molecule is C=CC1=C(/C=C(\C)Cl)CCN1S(=O)c1cccc(C(=O)Nc2ccc(-c3cc(C)cs3)cc2C(=O)O)c1. The molecule has 1 aliphatic rings. The van der Waals surface area contributed by atoms with Crippen molar-refractivity contribution in [1.82, 2.24) is 4.31 Å². The minimum Gasteiger partial charge on any atom is -0.478 e. The van der Waals surface area contributed by atoms with E-state index in [1.165, 1.54) is 11.3 Å². The molecule has 0 saturated carbocycles. The highest BCUT2D eigenvalue weighted by atomic mass is 35.5. The third-order valence-corrected chi connectivity index (χ3v) is 8.40. The van der Waals surface area contributed by atoms with Crippen molar-refractivity contribution in [2.45, 2.75) is 25.2 Å². The number of benzene rings is 2. The monoisotopic (exact) mass is 552 g/mol. The Morgan fingerprint density at radius 2 is 2.00 bits per heavy atom. The zero-order chi connectivity index (χ0) is 26.7. The molecule has 0 saturated heterocycles. The first-order valence-electron chi connectivity index (χ1n) is 11.4. The highest BCUT2D eigenvalue weighted by molar-refractivity contribution is 7.82. The molecule has 0 aliphatic carbocycles. The Morgan fingerprint density at radius 3 is 2.65 bits per heavy atom. The van der Waals surface area contributed by atoms with E-state index >= 15 is 0 Å². The van der Waals surface area contributed by atoms with Crippen LogP contribution in [0.25, 0.3) is 10.4 Å². The molecule has 0 fully saturated rings. The van der Waals surface area contributed by atoms with E-state index in [0.29, 0.717) is 22.9 Å². The van der Waals surface area contributed by atoms with Crippen LogP contribution in [0.5, 0.6) is 0 Å². The van der Waals surface area contributed by atoms with Crippen LogP contribution in [0.1, 0.15) is 39.6 Å². The van der Waals surface area contributed by atoms with Crippen LogP contribution < -0.4 is 5.32 Å². The number of hydrogen-bond donors (Lipinski definition) is 2. The fourth-order valence-electron chi connectivity index (χ4n) is 4.06. The van der Waals surface area contributed by atoms with E-state index in [2.05, 4.69) is 11.9 Å². The van der Waals surface area contributed by atoms with Gasteiger partial charge in [-0.15, -0.1) is 11.3 Å². The van der Waals surface area contributed by atoms with Gasteiger partial charge in [0.15, 0.2) is 11.0 Å². The fraction of sp³-hybridized carbons (Fsp3) is 0.143. The minimum atomic E-state index is -1.57. The summed E-state index contributed by atoms with van der Waals surface area (Å²) in [6.07, 6.45) is 4.17. The normalized spacial score (nSPS) is 14.6. The van der Waals surface area contributed by atoms with Crippen molar-refractivity contribution in [3.05, 3.63) is 106 Å². The summed E-state index contributed by atoms with van der Waals surface area (Å²) < 4.78 is 15.1. The van der Waals surface area contributed by atoms with Gasteiger partial charge in [0, 0.05) is 22.0 Å². The summed E-state index contributed by atoms with van der Waals surface area (Å²) in [4.78, 5) is 26.4. The summed E-state index contributed by atoms with van der Waals surface area (Å²) in [7, 11) is -1.57. The first-order chi connectivity index (χ1) is 17.7. The Hall–Kier alpha value is -3.46. The van der Waals surface area contributed by atoms with E-state index in [9.17, 15) is 18.9 Å². The number of allylic oxidation sites excluding steroid dienone is 3. The number of aryl methyl sites for hydroxylation is 1. The summed E-state index contributed by atoms with van der Waals surface area (Å²) in [6.45, 7) is 8.13. The molecule has 190 valence electrons. The van der Waals surface area contributed by atoms with E-state index in [0.717, 1.165) is 27.3 Å². The fourth-order valence-corrected chi connectivity index (χ4v) is 6.39. The van der Waals surface area contributed by atoms with Crippen molar-refractivity contribution in [3.63, 3.8) is 0 Å². The smallest absolute Gasteiger partial charge is 0.337 e. The molecule has 1 aromatic heterocycles. The lowest BCUT2D eigenvalue weighted by atomic mass is 10.1. The third kappa shape index (κ3) is 5.93. The van der Waals surface area contributed by atoms with Crippen LogP contribution in [-0.4, -0.2) is 32.0 Å². The predicted molar refractivity (Wildman–Crippen MR) is 150 cm³/mol. The summed E-state index contributed by atoms with van der Waals surface area (Å²) >= 11 is 7.56. The van der Waals surface area contributed by atoms with E-state index in [1.54, 1.807) is 59.8 Å². The van der Waals surface area contributed by atoms with Gasteiger partial charge < -0.3 is 10.4 Å². The van der Waals surface area contributed by atoms with Gasteiger partial charge in [-0.3, -0.25) is 9.10 Å². The number of carboxylic acids is 1. The molecule has 1 atom stereocenters. The Bertz CT molecular complexity index is 1480. The van der Waals surface area contributed by atoms with Gasteiger partial charge in [0.1, 0.15) is 0 Å². The average Bonchev–Trinajstić information content (AvgIpc) is 3.49. The molecule has 1 unspecified atom stereocenters. The van der Waals surface area contributed by atoms with E-state index in [-0.39, 0.29) is 16.8 Å². The molecule has 0 bridgehead atoms. The van der Waals surface area contributed by atoms with Gasteiger partial charge in [0.05, 0.1) is 21.8 Å². The van der Waals surface area contributed by atoms with Gasteiger partial charge in [-0.05, 0) is 90.9 Å². The van der Waals surface area contributed by atoms with Gasteiger partial charge >= 0.3 is 5.97 Å². The largest absolute Gasteiger partial charge is 0.478 e. The van der Waals surface area contributed by atoms with Gasteiger partial charge in [0.25, 0.3) is 5.91 Å². The van der Waals surface area contributed by atoms with Gasteiger partial charge in [-0.2, -0.15) is 0 Å². The molecule has 2 heterocycles. The topological polar surface area (TPSA) is 86.7 Å². The number of carbonyl (C=O) groups is 2. The Balaban J connectivity index is 1.58. The quantitative estimate of drug-likeness (QED) is 0.315. The maximum atomic E-state index is 13.4. The predicted octanol–water partition coefficient (Wildman–Crippen LogP) is 6.99. The molecule has 4 rings (SSSR count). The van der Waals surface area contributed by atoms with Crippen LogP contribution in [-0.2, 0) is 11.0 Å². The van der Waals surface area contributed by atoms with Crippen LogP contribution in [0.2, 0.25) is 0 Å². The van der Waals surface area contributed by atoms with Crippen molar-refractivity contribution in [2.24, 2.45) is 0 Å². The highest BCUT2D eigenvalue weighted by Crippen LogP contribution is 2.32. The summed E-state index contributed by atoms with van der Waals surface area (Å²) in [5, 5.41) is 15.1. The van der Waals surface area contributed by atoms with Gasteiger partial charge in [0.2, 0.25) is 0 Å². The molecule has 1 aliphatic heterocycles. The van der Waals surface area contributed by atoms with Crippen LogP contribution in [0.15, 0.2) is 93.8 Å². The summed E-state index contributed by atoms with van der Waals surface area (Å²) in [6, 6.07) is 13.4. The van der Waals surface area contributed by atoms with Crippen molar-refractivity contribution in [3.8, 4) is 10.4 Å². The molecule has 3 aromatic rings. The number of halogens is 1. The lowest BCUT2D eigenvalue weighted by Gasteiger charge is -2.19. The van der Waals surface area contributed by atoms with Gasteiger partial charge in [-0.25, -0.2) is 9.00 Å². The molecule has 2 N–H and O–H groups in total. The molecule has 0 spiro atoms. The van der Waals surface area contributed by atoms with E-state index in [1.807, 2.05) is 24.4 Å². The third-order valence-electron chi connectivity index (χ3n) is 5.76. The van der Waals surface area contributed by atoms with Crippen molar-refractivity contribution < 1.29 is 18.9 Å². The number of carboxylic acid groups (broad SMARTS) is 1. The van der Waals surface area contributed by atoms with Gasteiger partial charge in [-0.1, -0.05) is 30.3 Å². The number of hydrogen-bond acceptors (Lipinski definition) is 4. The van der Waals surface area contributed by atoms with Crippen LogP contribution >= 0.6 is 22.9 Å². The van der Waals surface area contributed by atoms with Crippen LogP contribution in [0.4, 0.5) is 5.69 Å². The first-order valence-corrected chi connectivity index (χ1v) is 13.8. The van der Waals surface area contributed by atoms with E-state index < -0.39 is 22.9 Å². The second kappa shape index (κ2) is 11.3. The molecular formula is C28H25ClN2O4S2. The Kier molecular flexibility index (Phi) is 8.12. The standard InChI is InChI=1S/C28H25ClN2O4S2/c1-4-25-19(13-18(3)29)10-11-31(25)37(35)22-7-5-6-21(14-22)27(32)30-24-9-8-20(15-23(24)28(33)34)26-12-17(2)16-36-26/h4-9,12-16H,1,10-11H2,2-3H3,(H,30,32)(H,33,34)/b18-13+. The number of thiophene rings is 1. The second-order valence-electron chi connectivity index (χ2n) is 8.48. The van der Waals surface area contributed by atoms with Crippen LogP contribution in [0, 0.1) is 6.92 Å². The maximum Gasteiger partial charge on any atom is 0.337 e. The molecular weight excluding hydrogens is 528 g/mol. The van der Waals surface area contributed by atoms with Crippen LogP contribution in [0.3, 0.4) is 0 Å². The second-order valence-corrected chi connectivity index (χ2v) is 11.4. The number of rotatable bonds is 8. The molecule has 0 radical (unpaired) electrons. The number of aromatic carboxylic acids is 1. The number of carbonyl (C=O) groups excluding carboxylic acids is 1. The van der Waals surface area contributed by atoms with Crippen molar-refractivity contribution in [2.75, 3.05) is 11.9 Å². The summed E-state index contributed by atoms with van der Waals surface area (Å²) in [5.74, 6) is -1.64. The zero-order valence-electron chi connectivity index (χ0n) is 20.3. The lowest BCUT2D eigenvalue weighted by Crippen LogP contribution is -2.22. The van der Waals surface area contributed by atoms with E-state index in [4.69, 9.17) is 11.6 Å². The molecule has 2 aromatic carbocycles. The number of nitrogens with zero attached hydrogens (tertiary/aromatic N) is 1. The summed E-state index contributed by atoms with van der Waals surface area (Å²) in [5.41, 5.74) is 3.99. The first kappa shape index (κ1) is 26.6. The van der Waals surface area contributed by atoms with Crippen molar-refractivity contribution >= 4 is 51.5 Å². The molecule has 6 nitrogen and oxygen atoms in total. The highest BCUT2D eigenvalue weighted by Gasteiger charge is 2.25. The minimum absolute atomic E-state index is 0.00960. The maximum absolute atomic E-state index is 13.4. The Morgan fingerprint density at radius 1 is 1.22 bits per heavy atom. The molecule has 37 heavy (non-hydrogen) atoms. The average molecular weight is 553 g/mol. The number of nitrogens with one attached hydrogen (secondary N) is 1. The lowest BCUT2D eigenvalue weighted by molar-refractivity contribution is 0.0698. The van der Waals surface area contributed by atoms with Crippen molar-refractivity contribution in [1.29, 1.82) is 0 Å². The number of anilines is 1. The molecule has 9 heteroatoms. The molecule has 1 amide bonds.